The van der Waals surface area contributed by atoms with Gasteiger partial charge in [-0.05, 0) is 17.3 Å². The largest absolute Gasteiger partial charge is 0.324 e. The van der Waals surface area contributed by atoms with Crippen LogP contribution in [-0.4, -0.2) is 46.6 Å². The summed E-state index contributed by atoms with van der Waals surface area (Å²) >= 11 is 7.35. The van der Waals surface area contributed by atoms with Crippen LogP contribution in [-0.2, 0) is 18.4 Å². The molecule has 152 valence electrons. The number of anilines is 1. The Labute approximate surface area is 181 Å². The fourth-order valence-corrected chi connectivity index (χ4v) is 3.54. The highest BCUT2D eigenvalue weighted by Gasteiger charge is 2.14. The van der Waals surface area contributed by atoms with Crippen molar-refractivity contribution >= 4 is 35.0 Å². The lowest BCUT2D eigenvalue weighted by Gasteiger charge is -2.06. The quantitative estimate of drug-likeness (QED) is 0.440. The van der Waals surface area contributed by atoms with Gasteiger partial charge in [-0.3, -0.25) is 4.79 Å². The number of nitrogens with one attached hydrogen (secondary N) is 1. The normalized spacial score (nSPS) is 10.9. The van der Waals surface area contributed by atoms with Crippen molar-refractivity contribution in [3.8, 4) is 11.4 Å². The number of hydrogen-bond donors (Lipinski definition) is 1. The van der Waals surface area contributed by atoms with E-state index in [1.54, 1.807) is 22.8 Å². The van der Waals surface area contributed by atoms with Gasteiger partial charge < -0.3 is 9.88 Å². The summed E-state index contributed by atoms with van der Waals surface area (Å²) in [5, 5.41) is 24.8. The number of para-hydroxylation sites is 1. The van der Waals surface area contributed by atoms with Crippen LogP contribution in [0.5, 0.6) is 0 Å². The van der Waals surface area contributed by atoms with Gasteiger partial charge in [-0.15, -0.1) is 20.4 Å². The molecule has 0 atom stereocenters. The van der Waals surface area contributed by atoms with Crippen molar-refractivity contribution in [2.45, 2.75) is 11.7 Å². The molecule has 0 unspecified atom stereocenters. The molecule has 9 nitrogen and oxygen atoms in total. The van der Waals surface area contributed by atoms with Crippen molar-refractivity contribution in [3.05, 3.63) is 65.4 Å². The number of carbonyl (C=O) groups is 1. The highest BCUT2D eigenvalue weighted by Crippen LogP contribution is 2.22. The standard InChI is InChI=1S/C19H17ClN8OS/c1-27-16(11-28-25-18(23-26-28)13-7-3-2-4-8-13)22-24-19(27)30-12-17(29)21-15-10-6-5-9-14(15)20/h2-10H,11-12H2,1H3,(H,21,29). The maximum Gasteiger partial charge on any atom is 0.234 e. The Hall–Kier alpha value is -3.24. The number of tetrazole rings is 1. The van der Waals surface area contributed by atoms with Gasteiger partial charge in [-0.2, -0.15) is 4.80 Å². The molecule has 4 aromatic rings. The van der Waals surface area contributed by atoms with Gasteiger partial charge in [-0.1, -0.05) is 65.8 Å². The van der Waals surface area contributed by atoms with Crippen molar-refractivity contribution < 1.29 is 4.79 Å². The van der Waals surface area contributed by atoms with E-state index >= 15 is 0 Å². The molecule has 0 saturated heterocycles. The Kier molecular flexibility index (Phi) is 6.05. The Morgan fingerprint density at radius 1 is 1.07 bits per heavy atom. The predicted molar refractivity (Wildman–Crippen MR) is 114 cm³/mol. The Balaban J connectivity index is 1.37. The highest BCUT2D eigenvalue weighted by molar-refractivity contribution is 7.99. The van der Waals surface area contributed by atoms with Crippen LogP contribution in [0.1, 0.15) is 5.82 Å². The zero-order valence-electron chi connectivity index (χ0n) is 15.9. The van der Waals surface area contributed by atoms with E-state index in [1.807, 2.05) is 43.4 Å². The maximum atomic E-state index is 12.2. The number of rotatable bonds is 7. The first-order valence-corrected chi connectivity index (χ1v) is 10.3. The van der Waals surface area contributed by atoms with E-state index in [2.05, 4.69) is 30.9 Å². The lowest BCUT2D eigenvalue weighted by molar-refractivity contribution is -0.113. The van der Waals surface area contributed by atoms with Crippen molar-refractivity contribution in [1.29, 1.82) is 0 Å². The van der Waals surface area contributed by atoms with Crippen LogP contribution < -0.4 is 5.32 Å². The van der Waals surface area contributed by atoms with Crippen molar-refractivity contribution in [2.75, 3.05) is 11.1 Å². The van der Waals surface area contributed by atoms with Crippen LogP contribution in [0.2, 0.25) is 5.02 Å². The fourth-order valence-electron chi connectivity index (χ4n) is 2.63. The third-order valence-electron chi connectivity index (χ3n) is 4.17. The third kappa shape index (κ3) is 4.66. The zero-order chi connectivity index (χ0) is 20.9. The number of amides is 1. The fraction of sp³-hybridized carbons (Fsp3) is 0.158. The molecule has 1 amide bonds. The summed E-state index contributed by atoms with van der Waals surface area (Å²) < 4.78 is 1.80. The van der Waals surface area contributed by atoms with Gasteiger partial charge in [-0.25, -0.2) is 0 Å². The molecule has 1 N–H and O–H groups in total. The molecule has 0 aliphatic heterocycles. The summed E-state index contributed by atoms with van der Waals surface area (Å²) in [6.07, 6.45) is 0. The van der Waals surface area contributed by atoms with Crippen LogP contribution in [0.25, 0.3) is 11.4 Å². The zero-order valence-corrected chi connectivity index (χ0v) is 17.5. The second-order valence-electron chi connectivity index (χ2n) is 6.28. The molecule has 2 heterocycles. The number of aromatic nitrogens is 7. The second kappa shape index (κ2) is 9.06. The van der Waals surface area contributed by atoms with Crippen LogP contribution >= 0.6 is 23.4 Å². The molecule has 4 rings (SSSR count). The summed E-state index contributed by atoms with van der Waals surface area (Å²) in [7, 11) is 1.83. The molecule has 2 aromatic carbocycles. The SMILES string of the molecule is Cn1c(Cn2nnc(-c3ccccc3)n2)nnc1SCC(=O)Nc1ccccc1Cl. The summed E-state index contributed by atoms with van der Waals surface area (Å²) in [5.41, 5.74) is 1.47. The van der Waals surface area contributed by atoms with Crippen molar-refractivity contribution in [3.63, 3.8) is 0 Å². The lowest BCUT2D eigenvalue weighted by Crippen LogP contribution is -2.15. The maximum absolute atomic E-state index is 12.2. The topological polar surface area (TPSA) is 103 Å². The summed E-state index contributed by atoms with van der Waals surface area (Å²) in [6, 6.07) is 16.7. The number of nitrogens with zero attached hydrogens (tertiary/aromatic N) is 7. The average Bonchev–Trinajstić information content (AvgIpc) is 3.36. The first-order valence-electron chi connectivity index (χ1n) is 8.99. The Morgan fingerprint density at radius 2 is 1.83 bits per heavy atom. The molecule has 0 aliphatic rings. The molecule has 0 saturated carbocycles. The highest BCUT2D eigenvalue weighted by atomic mass is 35.5. The van der Waals surface area contributed by atoms with Crippen LogP contribution in [0.15, 0.2) is 59.8 Å². The number of benzene rings is 2. The molecule has 2 aromatic heterocycles. The third-order valence-corrected chi connectivity index (χ3v) is 5.52. The Bertz CT molecular complexity index is 1160. The van der Waals surface area contributed by atoms with E-state index in [9.17, 15) is 4.79 Å². The van der Waals surface area contributed by atoms with E-state index in [1.165, 1.54) is 16.6 Å². The minimum Gasteiger partial charge on any atom is -0.324 e. The summed E-state index contributed by atoms with van der Waals surface area (Å²) in [5.74, 6) is 1.20. The first-order chi connectivity index (χ1) is 14.6. The molecule has 0 spiro atoms. The monoisotopic (exact) mass is 440 g/mol. The number of carbonyl (C=O) groups excluding carboxylic acids is 1. The van der Waals surface area contributed by atoms with E-state index < -0.39 is 0 Å². The van der Waals surface area contributed by atoms with Crippen LogP contribution in [0.3, 0.4) is 0 Å². The number of thioether (sulfide) groups is 1. The number of hydrogen-bond acceptors (Lipinski definition) is 7. The lowest BCUT2D eigenvalue weighted by atomic mass is 10.2. The molecule has 11 heteroatoms. The van der Waals surface area contributed by atoms with Crippen molar-refractivity contribution in [1.82, 2.24) is 35.0 Å². The molecule has 0 aliphatic carbocycles. The van der Waals surface area contributed by atoms with Gasteiger partial charge in [0.1, 0.15) is 6.54 Å². The van der Waals surface area contributed by atoms with E-state index in [0.717, 1.165) is 5.56 Å². The molecule has 30 heavy (non-hydrogen) atoms. The van der Waals surface area contributed by atoms with Crippen LogP contribution in [0.4, 0.5) is 5.69 Å². The van der Waals surface area contributed by atoms with Crippen LogP contribution in [0, 0.1) is 0 Å². The molecule has 0 bridgehead atoms. The average molecular weight is 441 g/mol. The van der Waals surface area contributed by atoms with E-state index in [0.29, 0.717) is 34.1 Å². The van der Waals surface area contributed by atoms with E-state index in [-0.39, 0.29) is 11.7 Å². The molecular weight excluding hydrogens is 424 g/mol. The molecule has 0 radical (unpaired) electrons. The molecule has 0 fully saturated rings. The smallest absolute Gasteiger partial charge is 0.234 e. The van der Waals surface area contributed by atoms with Gasteiger partial charge in [0.2, 0.25) is 11.7 Å². The second-order valence-corrected chi connectivity index (χ2v) is 7.63. The van der Waals surface area contributed by atoms with E-state index in [4.69, 9.17) is 11.6 Å². The first kappa shape index (κ1) is 20.0. The summed E-state index contributed by atoms with van der Waals surface area (Å²) in [6.45, 7) is 0.315. The van der Waals surface area contributed by atoms with Gasteiger partial charge in [0.15, 0.2) is 11.0 Å². The number of halogens is 1. The molecular formula is C19H17ClN8OS. The van der Waals surface area contributed by atoms with Gasteiger partial charge >= 0.3 is 0 Å². The minimum atomic E-state index is -0.178. The Morgan fingerprint density at radius 3 is 2.63 bits per heavy atom. The van der Waals surface area contributed by atoms with Gasteiger partial charge in [0.25, 0.3) is 0 Å². The predicted octanol–water partition coefficient (Wildman–Crippen LogP) is 2.90. The van der Waals surface area contributed by atoms with Crippen molar-refractivity contribution in [2.24, 2.45) is 7.05 Å². The van der Waals surface area contributed by atoms with Gasteiger partial charge in [0.05, 0.1) is 16.5 Å². The summed E-state index contributed by atoms with van der Waals surface area (Å²) in [4.78, 5) is 13.7. The van der Waals surface area contributed by atoms with Gasteiger partial charge in [0, 0.05) is 12.6 Å². The minimum absolute atomic E-state index is 0.178.